The maximum atomic E-state index is 12.1. The van der Waals surface area contributed by atoms with Gasteiger partial charge >= 0.3 is 0 Å². The number of halogens is 1. The Morgan fingerprint density at radius 3 is 2.57 bits per heavy atom. The van der Waals surface area contributed by atoms with E-state index in [1.165, 1.54) is 0 Å². The van der Waals surface area contributed by atoms with Crippen molar-refractivity contribution in [1.82, 2.24) is 5.32 Å². The lowest BCUT2D eigenvalue weighted by molar-refractivity contribution is -0.121. The van der Waals surface area contributed by atoms with Crippen LogP contribution in [0.5, 0.6) is 5.75 Å². The van der Waals surface area contributed by atoms with Gasteiger partial charge in [-0.3, -0.25) is 4.79 Å². The standard InChI is InChI=1S/C21H26ClNO4S/c1-17-15-19(22)10-11-20(17)27-13-5-9-21(24)23-12-6-14-28(25,26)16-18-7-3-2-4-8-18/h2-4,7-8,10-11,15H,5-6,9,12-14,16H2,1H3,(H,23,24). The zero-order valence-corrected chi connectivity index (χ0v) is 17.6. The van der Waals surface area contributed by atoms with Crippen LogP contribution >= 0.6 is 11.6 Å². The second-order valence-corrected chi connectivity index (χ2v) is 9.26. The molecular formula is C21H26ClNO4S. The molecule has 0 spiro atoms. The second kappa shape index (κ2) is 11.1. The third-order valence-corrected chi connectivity index (χ3v) is 6.05. The first-order chi connectivity index (χ1) is 13.4. The SMILES string of the molecule is Cc1cc(Cl)ccc1OCCCC(=O)NCCCS(=O)(=O)Cc1ccccc1. The maximum Gasteiger partial charge on any atom is 0.220 e. The lowest BCUT2D eigenvalue weighted by Crippen LogP contribution is -2.26. The number of hydrogen-bond donors (Lipinski definition) is 1. The predicted molar refractivity (Wildman–Crippen MR) is 112 cm³/mol. The van der Waals surface area contributed by atoms with Crippen molar-refractivity contribution in [2.45, 2.75) is 31.9 Å². The number of nitrogens with one attached hydrogen (secondary N) is 1. The van der Waals surface area contributed by atoms with E-state index in [1.54, 1.807) is 18.2 Å². The summed E-state index contributed by atoms with van der Waals surface area (Å²) in [4.78, 5) is 11.8. The Hall–Kier alpha value is -2.05. The molecule has 1 N–H and O–H groups in total. The Morgan fingerprint density at radius 1 is 1.11 bits per heavy atom. The van der Waals surface area contributed by atoms with Crippen LogP contribution in [-0.4, -0.2) is 33.2 Å². The predicted octanol–water partition coefficient (Wildman–Crippen LogP) is 3.93. The molecule has 1 amide bonds. The van der Waals surface area contributed by atoms with Crippen LogP contribution in [0.15, 0.2) is 48.5 Å². The van der Waals surface area contributed by atoms with Gasteiger partial charge < -0.3 is 10.1 Å². The van der Waals surface area contributed by atoms with E-state index in [2.05, 4.69) is 5.32 Å². The van der Waals surface area contributed by atoms with Crippen molar-refractivity contribution >= 4 is 27.3 Å². The van der Waals surface area contributed by atoms with E-state index in [0.717, 1.165) is 16.9 Å². The zero-order valence-electron chi connectivity index (χ0n) is 16.0. The topological polar surface area (TPSA) is 72.5 Å². The van der Waals surface area contributed by atoms with Crippen molar-refractivity contribution in [3.8, 4) is 5.75 Å². The number of carbonyl (C=O) groups excluding carboxylic acids is 1. The molecule has 0 heterocycles. The summed E-state index contributed by atoms with van der Waals surface area (Å²) in [6.45, 7) is 2.70. The van der Waals surface area contributed by atoms with E-state index < -0.39 is 9.84 Å². The van der Waals surface area contributed by atoms with Crippen molar-refractivity contribution in [2.75, 3.05) is 18.9 Å². The first-order valence-corrected chi connectivity index (χ1v) is 11.5. The summed E-state index contributed by atoms with van der Waals surface area (Å²) >= 11 is 5.90. The molecule has 0 aliphatic rings. The van der Waals surface area contributed by atoms with Crippen LogP contribution in [-0.2, 0) is 20.4 Å². The summed E-state index contributed by atoms with van der Waals surface area (Å²) < 4.78 is 29.9. The number of rotatable bonds is 11. The van der Waals surface area contributed by atoms with Crippen LogP contribution in [0.3, 0.4) is 0 Å². The molecule has 0 saturated heterocycles. The first kappa shape index (κ1) is 22.2. The summed E-state index contributed by atoms with van der Waals surface area (Å²) in [5, 5.41) is 3.42. The van der Waals surface area contributed by atoms with Crippen LogP contribution in [0.25, 0.3) is 0 Å². The molecule has 0 radical (unpaired) electrons. The van der Waals surface area contributed by atoms with Crippen LogP contribution in [0.4, 0.5) is 0 Å². The average molecular weight is 424 g/mol. The van der Waals surface area contributed by atoms with Gasteiger partial charge in [-0.15, -0.1) is 0 Å². The van der Waals surface area contributed by atoms with E-state index in [4.69, 9.17) is 16.3 Å². The van der Waals surface area contributed by atoms with Crippen molar-refractivity contribution in [1.29, 1.82) is 0 Å². The quantitative estimate of drug-likeness (QED) is 0.556. The highest BCUT2D eigenvalue weighted by molar-refractivity contribution is 7.90. The molecule has 0 saturated carbocycles. The Balaban J connectivity index is 1.58. The van der Waals surface area contributed by atoms with Gasteiger partial charge in [0.25, 0.3) is 0 Å². The molecule has 5 nitrogen and oxygen atoms in total. The normalized spacial score (nSPS) is 11.2. The summed E-state index contributed by atoms with van der Waals surface area (Å²) in [5.74, 6) is 0.745. The van der Waals surface area contributed by atoms with E-state index in [9.17, 15) is 13.2 Å². The number of benzene rings is 2. The molecule has 0 aromatic heterocycles. The lowest BCUT2D eigenvalue weighted by atomic mass is 10.2. The zero-order chi connectivity index (χ0) is 20.4. The van der Waals surface area contributed by atoms with Crippen LogP contribution in [0, 0.1) is 6.92 Å². The Kier molecular flexibility index (Phi) is 8.80. The van der Waals surface area contributed by atoms with Gasteiger partial charge in [0, 0.05) is 18.0 Å². The van der Waals surface area contributed by atoms with E-state index in [1.807, 2.05) is 37.3 Å². The third-order valence-electron chi connectivity index (χ3n) is 4.13. The van der Waals surface area contributed by atoms with Gasteiger partial charge in [0.05, 0.1) is 18.1 Å². The molecule has 0 atom stereocenters. The summed E-state index contributed by atoms with van der Waals surface area (Å²) in [7, 11) is -3.17. The van der Waals surface area contributed by atoms with Crippen LogP contribution in [0.2, 0.25) is 5.02 Å². The lowest BCUT2D eigenvalue weighted by Gasteiger charge is -2.09. The molecule has 2 rings (SSSR count). The van der Waals surface area contributed by atoms with E-state index in [0.29, 0.717) is 37.4 Å². The molecule has 2 aromatic carbocycles. The number of sulfone groups is 1. The van der Waals surface area contributed by atoms with Gasteiger partial charge in [0.15, 0.2) is 9.84 Å². The van der Waals surface area contributed by atoms with Gasteiger partial charge in [0.1, 0.15) is 5.75 Å². The Bertz CT molecular complexity index is 869. The Morgan fingerprint density at radius 2 is 1.86 bits per heavy atom. The van der Waals surface area contributed by atoms with Crippen LogP contribution < -0.4 is 10.1 Å². The van der Waals surface area contributed by atoms with E-state index >= 15 is 0 Å². The van der Waals surface area contributed by atoms with Crippen molar-refractivity contribution in [3.63, 3.8) is 0 Å². The molecule has 28 heavy (non-hydrogen) atoms. The minimum Gasteiger partial charge on any atom is -0.493 e. The van der Waals surface area contributed by atoms with E-state index in [-0.39, 0.29) is 17.4 Å². The smallest absolute Gasteiger partial charge is 0.220 e. The van der Waals surface area contributed by atoms with Gasteiger partial charge in [-0.1, -0.05) is 41.9 Å². The molecule has 0 unspecified atom stereocenters. The first-order valence-electron chi connectivity index (χ1n) is 9.26. The monoisotopic (exact) mass is 423 g/mol. The van der Waals surface area contributed by atoms with Crippen molar-refractivity contribution in [2.24, 2.45) is 0 Å². The summed E-state index contributed by atoms with van der Waals surface area (Å²) in [6.07, 6.45) is 1.32. The molecule has 0 bridgehead atoms. The maximum absolute atomic E-state index is 12.1. The molecule has 152 valence electrons. The van der Waals surface area contributed by atoms with Crippen LogP contribution in [0.1, 0.15) is 30.4 Å². The molecular weight excluding hydrogens is 398 g/mol. The highest BCUT2D eigenvalue weighted by Crippen LogP contribution is 2.21. The average Bonchev–Trinajstić information content (AvgIpc) is 2.64. The highest BCUT2D eigenvalue weighted by atomic mass is 35.5. The summed E-state index contributed by atoms with van der Waals surface area (Å²) in [5.41, 5.74) is 1.73. The van der Waals surface area contributed by atoms with Gasteiger partial charge in [-0.2, -0.15) is 0 Å². The van der Waals surface area contributed by atoms with Gasteiger partial charge in [-0.25, -0.2) is 8.42 Å². The fourth-order valence-corrected chi connectivity index (χ4v) is 4.35. The number of amides is 1. The third kappa shape index (κ3) is 8.31. The fourth-order valence-electron chi connectivity index (χ4n) is 2.70. The number of hydrogen-bond acceptors (Lipinski definition) is 4. The molecule has 7 heteroatoms. The molecule has 0 aliphatic heterocycles. The van der Waals surface area contributed by atoms with Crippen molar-refractivity contribution < 1.29 is 17.9 Å². The second-order valence-electron chi connectivity index (χ2n) is 6.64. The molecule has 0 aliphatic carbocycles. The minimum atomic E-state index is -3.17. The van der Waals surface area contributed by atoms with Gasteiger partial charge in [-0.05, 0) is 49.1 Å². The number of ether oxygens (including phenoxy) is 1. The summed E-state index contributed by atoms with van der Waals surface area (Å²) in [6, 6.07) is 14.5. The van der Waals surface area contributed by atoms with Crippen molar-refractivity contribution in [3.05, 3.63) is 64.7 Å². The molecule has 0 fully saturated rings. The van der Waals surface area contributed by atoms with Gasteiger partial charge in [0.2, 0.25) is 5.91 Å². The molecule has 2 aromatic rings. The number of aryl methyl sites for hydroxylation is 1. The largest absolute Gasteiger partial charge is 0.493 e. The minimum absolute atomic E-state index is 0.0310. The highest BCUT2D eigenvalue weighted by Gasteiger charge is 2.12. The number of carbonyl (C=O) groups is 1. The Labute approximate surface area is 172 Å². The fraction of sp³-hybridized carbons (Fsp3) is 0.381.